The first-order valence-electron chi connectivity index (χ1n) is 21.9. The number of rotatable bonds is 9. The summed E-state index contributed by atoms with van der Waals surface area (Å²) in [6.45, 7) is 5.32. The third-order valence-corrected chi connectivity index (χ3v) is 14.0. The van der Waals surface area contributed by atoms with Gasteiger partial charge in [-0.05, 0) is 91.3 Å². The van der Waals surface area contributed by atoms with Crippen molar-refractivity contribution < 1.29 is 37.5 Å². The zero-order valence-corrected chi connectivity index (χ0v) is 34.4. The van der Waals surface area contributed by atoms with Crippen molar-refractivity contribution in [3.05, 3.63) is 74.5 Å². The van der Waals surface area contributed by atoms with Crippen molar-refractivity contribution in [3.8, 4) is 0 Å². The van der Waals surface area contributed by atoms with E-state index in [9.17, 15) is 37.5 Å². The van der Waals surface area contributed by atoms with Crippen molar-refractivity contribution in [3.63, 3.8) is 0 Å². The van der Waals surface area contributed by atoms with Gasteiger partial charge in [0.1, 0.15) is 6.04 Å². The number of fused-ring (bicyclic) bond motifs is 4. The van der Waals surface area contributed by atoms with E-state index in [2.05, 4.69) is 14.9 Å². The maximum atomic E-state index is 14.6. The van der Waals surface area contributed by atoms with Crippen molar-refractivity contribution in [1.82, 2.24) is 34.7 Å². The fourth-order valence-electron chi connectivity index (χ4n) is 10.5. The number of anilines is 2. The maximum absolute atomic E-state index is 14.6. The highest BCUT2D eigenvalue weighted by Crippen LogP contribution is 2.43. The van der Waals surface area contributed by atoms with E-state index in [1.807, 2.05) is 20.8 Å². The van der Waals surface area contributed by atoms with Crippen LogP contribution in [0.2, 0.25) is 0 Å². The number of aromatic nitrogens is 2. The molecule has 6 amide bonds. The van der Waals surface area contributed by atoms with Gasteiger partial charge in [-0.25, -0.2) is 8.78 Å². The second-order valence-electron chi connectivity index (χ2n) is 18.0. The SMILES string of the molecule is CC(=O)N1CCc2c(c(N3CCCc4cc(CCC5CC5)c(C(F)F)cc43)nn2C2CCN(C(=O)CN3Cc4cc5c(cc4C3)C(=O)N(C3CCC(=O)NC3=O)C5=O)CC2)C1. The van der Waals surface area contributed by atoms with E-state index in [1.54, 1.807) is 25.1 Å². The second kappa shape index (κ2) is 15.4. The number of hydrogen-bond donors (Lipinski definition) is 1. The van der Waals surface area contributed by atoms with E-state index < -0.39 is 36.1 Å². The van der Waals surface area contributed by atoms with Crippen LogP contribution in [-0.2, 0) is 58.1 Å². The van der Waals surface area contributed by atoms with Crippen LogP contribution in [0.1, 0.15) is 131 Å². The van der Waals surface area contributed by atoms with Gasteiger partial charge < -0.3 is 14.7 Å². The third kappa shape index (κ3) is 7.19. The van der Waals surface area contributed by atoms with Gasteiger partial charge in [0, 0.05) is 81.5 Å². The molecule has 6 aliphatic heterocycles. The molecule has 1 atom stereocenters. The van der Waals surface area contributed by atoms with Gasteiger partial charge in [0.2, 0.25) is 23.6 Å². The van der Waals surface area contributed by atoms with E-state index in [4.69, 9.17) is 5.10 Å². The van der Waals surface area contributed by atoms with Gasteiger partial charge in [-0.2, -0.15) is 5.10 Å². The zero-order valence-electron chi connectivity index (χ0n) is 34.4. The molecule has 1 unspecified atom stereocenters. The topological polar surface area (TPSA) is 148 Å². The Morgan fingerprint density at radius 3 is 2.20 bits per heavy atom. The molecule has 320 valence electrons. The molecule has 7 heterocycles. The zero-order chi connectivity index (χ0) is 42.3. The fraction of sp³-hybridized carbons (Fsp3) is 0.533. The van der Waals surface area contributed by atoms with E-state index in [1.165, 1.54) is 12.8 Å². The summed E-state index contributed by atoms with van der Waals surface area (Å²) in [4.78, 5) is 86.1. The van der Waals surface area contributed by atoms with Crippen LogP contribution in [0.25, 0.3) is 0 Å². The number of alkyl halides is 2. The first-order chi connectivity index (χ1) is 29.4. The Hall–Kier alpha value is -5.51. The molecule has 0 bridgehead atoms. The smallest absolute Gasteiger partial charge is 0.264 e. The van der Waals surface area contributed by atoms with Gasteiger partial charge in [0.25, 0.3) is 18.2 Å². The molecule has 10 rings (SSSR count). The fourth-order valence-corrected chi connectivity index (χ4v) is 10.5. The van der Waals surface area contributed by atoms with Crippen molar-refractivity contribution in [2.45, 2.75) is 116 Å². The molecular weight excluding hydrogens is 787 g/mol. The number of nitrogens with zero attached hydrogens (tertiary/aromatic N) is 7. The Labute approximate surface area is 352 Å². The molecule has 1 aliphatic carbocycles. The summed E-state index contributed by atoms with van der Waals surface area (Å²) in [6, 6.07) is 6.11. The summed E-state index contributed by atoms with van der Waals surface area (Å²) in [7, 11) is 0. The average Bonchev–Trinajstić information content (AvgIpc) is 3.81. The molecule has 3 aromatic rings. The second-order valence-corrected chi connectivity index (χ2v) is 18.0. The summed E-state index contributed by atoms with van der Waals surface area (Å²) < 4.78 is 31.3. The van der Waals surface area contributed by atoms with Crippen LogP contribution in [0.5, 0.6) is 0 Å². The number of carbonyl (C=O) groups is 6. The highest BCUT2D eigenvalue weighted by Gasteiger charge is 2.46. The van der Waals surface area contributed by atoms with Gasteiger partial charge in [0.05, 0.1) is 30.3 Å². The standard InChI is InChI=1S/C45H50F2N8O6/c1-25(56)52-16-12-36-35(23-52)42(53-13-2-3-28-17-27(7-6-26-4-5-26)32(41(46)47)20-38(28)53)49-55(36)31-10-14-51(15-11-31)40(58)24-50-21-29-18-33-34(19-30(29)22-50)45(61)54(44(33)60)37-8-9-39(57)48-43(37)59/h17-20,26,31,37,41H,2-16,21-24H2,1H3,(H,48,57,59). The number of aryl methyl sites for hydroxylation is 2. The first kappa shape index (κ1) is 39.6. The monoisotopic (exact) mass is 836 g/mol. The summed E-state index contributed by atoms with van der Waals surface area (Å²) in [5, 5.41) is 7.49. The van der Waals surface area contributed by atoms with Crippen molar-refractivity contribution >= 4 is 46.9 Å². The predicted octanol–water partition coefficient (Wildman–Crippen LogP) is 4.73. The Morgan fingerprint density at radius 2 is 1.54 bits per heavy atom. The molecule has 3 fully saturated rings. The van der Waals surface area contributed by atoms with E-state index in [0.29, 0.717) is 77.4 Å². The molecule has 16 heteroatoms. The van der Waals surface area contributed by atoms with Crippen LogP contribution in [0.3, 0.4) is 0 Å². The van der Waals surface area contributed by atoms with Crippen LogP contribution >= 0.6 is 0 Å². The molecule has 7 aliphatic rings. The summed E-state index contributed by atoms with van der Waals surface area (Å²) in [5.41, 5.74) is 6.93. The number of amides is 6. The minimum atomic E-state index is -2.58. The number of nitrogens with one attached hydrogen (secondary N) is 1. The molecule has 1 saturated carbocycles. The number of piperidine rings is 2. The molecule has 1 aromatic heterocycles. The summed E-state index contributed by atoms with van der Waals surface area (Å²) >= 11 is 0. The van der Waals surface area contributed by atoms with Gasteiger partial charge in [-0.3, -0.25) is 48.6 Å². The van der Waals surface area contributed by atoms with Crippen molar-refractivity contribution in [1.29, 1.82) is 0 Å². The van der Waals surface area contributed by atoms with Crippen LogP contribution in [0, 0.1) is 5.92 Å². The minimum Gasteiger partial charge on any atom is -0.341 e. The normalized spacial score (nSPS) is 21.9. The first-order valence-corrected chi connectivity index (χ1v) is 21.9. The van der Waals surface area contributed by atoms with Gasteiger partial charge in [-0.1, -0.05) is 18.9 Å². The molecular formula is C45H50F2N8O6. The highest BCUT2D eigenvalue weighted by atomic mass is 19.3. The van der Waals surface area contributed by atoms with Crippen molar-refractivity contribution in [2.75, 3.05) is 37.6 Å². The van der Waals surface area contributed by atoms with Crippen LogP contribution < -0.4 is 10.2 Å². The minimum absolute atomic E-state index is 0.00785. The van der Waals surface area contributed by atoms with Crippen LogP contribution in [0.4, 0.5) is 20.3 Å². The van der Waals surface area contributed by atoms with Gasteiger partial charge in [0.15, 0.2) is 5.82 Å². The van der Waals surface area contributed by atoms with Crippen LogP contribution in [-0.4, -0.2) is 104 Å². The Balaban J connectivity index is 0.823. The largest absolute Gasteiger partial charge is 0.341 e. The molecule has 0 radical (unpaired) electrons. The molecule has 14 nitrogen and oxygen atoms in total. The maximum Gasteiger partial charge on any atom is 0.264 e. The Bertz CT molecular complexity index is 2340. The lowest BCUT2D eigenvalue weighted by atomic mass is 9.92. The summed E-state index contributed by atoms with van der Waals surface area (Å²) in [6.07, 6.45) is 5.25. The highest BCUT2D eigenvalue weighted by molar-refractivity contribution is 6.23. The third-order valence-electron chi connectivity index (χ3n) is 14.0. The van der Waals surface area contributed by atoms with Gasteiger partial charge >= 0.3 is 0 Å². The molecule has 61 heavy (non-hydrogen) atoms. The lowest BCUT2D eigenvalue weighted by Crippen LogP contribution is -2.54. The molecule has 1 N–H and O–H groups in total. The average molecular weight is 837 g/mol. The summed E-state index contributed by atoms with van der Waals surface area (Å²) in [5.74, 6) is -0.808. The Morgan fingerprint density at radius 1 is 0.820 bits per heavy atom. The number of likely N-dealkylation sites (tertiary alicyclic amines) is 1. The molecule has 2 aromatic carbocycles. The van der Waals surface area contributed by atoms with Crippen molar-refractivity contribution in [2.24, 2.45) is 5.92 Å². The number of carbonyl (C=O) groups excluding carboxylic acids is 6. The quantitative estimate of drug-likeness (QED) is 0.302. The van der Waals surface area contributed by atoms with Crippen LogP contribution in [0.15, 0.2) is 24.3 Å². The Kier molecular flexibility index (Phi) is 10.0. The lowest BCUT2D eigenvalue weighted by Gasteiger charge is -2.34. The predicted molar refractivity (Wildman–Crippen MR) is 217 cm³/mol. The lowest BCUT2D eigenvalue weighted by molar-refractivity contribution is -0.136. The van der Waals surface area contributed by atoms with Gasteiger partial charge in [-0.15, -0.1) is 0 Å². The number of imide groups is 2. The van der Waals surface area contributed by atoms with E-state index in [-0.39, 0.29) is 53.9 Å². The molecule has 2 saturated heterocycles. The van der Waals surface area contributed by atoms with E-state index in [0.717, 1.165) is 69.2 Å². The number of benzene rings is 2. The number of hydrogen-bond acceptors (Lipinski definition) is 9. The molecule has 0 spiro atoms. The van der Waals surface area contributed by atoms with E-state index >= 15 is 0 Å². The number of halogens is 2.